The predicted octanol–water partition coefficient (Wildman–Crippen LogP) is 3.79. The lowest BCUT2D eigenvalue weighted by molar-refractivity contribution is -0.121. The Kier molecular flexibility index (Phi) is 7.71. The molecule has 1 saturated heterocycles. The van der Waals surface area contributed by atoms with Gasteiger partial charge >= 0.3 is 0 Å². The molecule has 0 aliphatic carbocycles. The summed E-state index contributed by atoms with van der Waals surface area (Å²) in [5, 5.41) is 8.93. The van der Waals surface area contributed by atoms with Crippen LogP contribution >= 0.6 is 0 Å². The van der Waals surface area contributed by atoms with E-state index in [1.165, 1.54) is 24.9 Å². The normalized spacial score (nSPS) is 13.8. The maximum atomic E-state index is 12.3. The van der Waals surface area contributed by atoms with Gasteiger partial charge in [0.25, 0.3) is 0 Å². The van der Waals surface area contributed by atoms with Crippen LogP contribution < -0.4 is 20.9 Å². The zero-order valence-corrected chi connectivity index (χ0v) is 17.9. The maximum Gasteiger partial charge on any atom is 0.243 e. The third-order valence-corrected chi connectivity index (χ3v) is 5.09. The van der Waals surface area contributed by atoms with E-state index in [1.807, 2.05) is 50.2 Å². The van der Waals surface area contributed by atoms with Gasteiger partial charge in [0.15, 0.2) is 0 Å². The Labute approximate surface area is 179 Å². The fourth-order valence-electron chi connectivity index (χ4n) is 3.59. The van der Waals surface area contributed by atoms with Crippen molar-refractivity contribution < 1.29 is 9.59 Å². The van der Waals surface area contributed by atoms with Crippen LogP contribution in [0.2, 0.25) is 0 Å². The Morgan fingerprint density at radius 1 is 0.867 bits per heavy atom. The molecule has 6 heteroatoms. The average molecular weight is 409 g/mol. The molecule has 1 aliphatic rings. The second-order valence-electron chi connectivity index (χ2n) is 8.09. The number of rotatable bonds is 8. The molecule has 2 amide bonds. The van der Waals surface area contributed by atoms with E-state index in [9.17, 15) is 9.59 Å². The first kappa shape index (κ1) is 21.7. The van der Waals surface area contributed by atoms with Crippen LogP contribution in [0, 0.1) is 0 Å². The zero-order valence-electron chi connectivity index (χ0n) is 17.9. The predicted molar refractivity (Wildman–Crippen MR) is 123 cm³/mol. The number of carbonyl (C=O) groups is 2. The topological polar surface area (TPSA) is 73.5 Å². The van der Waals surface area contributed by atoms with E-state index < -0.39 is 0 Å². The number of piperidine rings is 1. The number of carbonyl (C=O) groups excluding carboxylic acids is 2. The summed E-state index contributed by atoms with van der Waals surface area (Å²) in [6, 6.07) is 15.8. The third kappa shape index (κ3) is 6.79. The van der Waals surface area contributed by atoms with Crippen molar-refractivity contribution in [1.82, 2.24) is 5.32 Å². The minimum absolute atomic E-state index is 0.0105. The molecule has 6 nitrogen and oxygen atoms in total. The number of hydrogen-bond donors (Lipinski definition) is 3. The molecule has 3 rings (SSSR count). The summed E-state index contributed by atoms with van der Waals surface area (Å²) >= 11 is 0. The van der Waals surface area contributed by atoms with Crippen LogP contribution in [-0.2, 0) is 16.0 Å². The molecule has 1 heterocycles. The zero-order chi connectivity index (χ0) is 21.3. The van der Waals surface area contributed by atoms with Gasteiger partial charge in [-0.2, -0.15) is 0 Å². The summed E-state index contributed by atoms with van der Waals surface area (Å²) in [6.07, 6.45) is 4.16. The Balaban J connectivity index is 1.43. The smallest absolute Gasteiger partial charge is 0.243 e. The number of nitrogens with zero attached hydrogens (tertiary/aromatic N) is 1. The van der Waals surface area contributed by atoms with Gasteiger partial charge in [0.2, 0.25) is 11.8 Å². The van der Waals surface area contributed by atoms with E-state index >= 15 is 0 Å². The van der Waals surface area contributed by atoms with Crippen molar-refractivity contribution >= 4 is 28.9 Å². The molecule has 0 bridgehead atoms. The highest BCUT2D eigenvalue weighted by Crippen LogP contribution is 2.21. The van der Waals surface area contributed by atoms with E-state index in [0.717, 1.165) is 30.0 Å². The van der Waals surface area contributed by atoms with Crippen LogP contribution in [0.1, 0.15) is 38.7 Å². The highest BCUT2D eigenvalue weighted by molar-refractivity contribution is 5.93. The van der Waals surface area contributed by atoms with Gasteiger partial charge in [0.1, 0.15) is 0 Å². The van der Waals surface area contributed by atoms with E-state index in [2.05, 4.69) is 33.0 Å². The van der Waals surface area contributed by atoms with Crippen molar-refractivity contribution in [2.75, 3.05) is 35.2 Å². The highest BCUT2D eigenvalue weighted by atomic mass is 16.2. The minimum Gasteiger partial charge on any atom is -0.376 e. The van der Waals surface area contributed by atoms with Crippen molar-refractivity contribution in [3.05, 3.63) is 54.1 Å². The summed E-state index contributed by atoms with van der Waals surface area (Å²) in [4.78, 5) is 26.5. The van der Waals surface area contributed by atoms with Crippen LogP contribution in [0.25, 0.3) is 0 Å². The van der Waals surface area contributed by atoms with Gasteiger partial charge in [-0.1, -0.05) is 12.1 Å². The molecule has 160 valence electrons. The minimum atomic E-state index is -0.0962. The number of hydrogen-bond acceptors (Lipinski definition) is 4. The van der Waals surface area contributed by atoms with Crippen molar-refractivity contribution in [3.63, 3.8) is 0 Å². The maximum absolute atomic E-state index is 12.3. The van der Waals surface area contributed by atoms with Crippen LogP contribution in [0.15, 0.2) is 48.5 Å². The van der Waals surface area contributed by atoms with Gasteiger partial charge < -0.3 is 20.9 Å². The molecule has 30 heavy (non-hydrogen) atoms. The lowest BCUT2D eigenvalue weighted by Gasteiger charge is -2.28. The Morgan fingerprint density at radius 2 is 1.50 bits per heavy atom. The van der Waals surface area contributed by atoms with Gasteiger partial charge in [0, 0.05) is 36.2 Å². The molecule has 1 fully saturated rings. The lowest BCUT2D eigenvalue weighted by atomic mass is 10.1. The van der Waals surface area contributed by atoms with E-state index in [0.29, 0.717) is 6.42 Å². The molecule has 1 aliphatic heterocycles. The van der Waals surface area contributed by atoms with E-state index in [1.54, 1.807) is 0 Å². The number of nitrogens with one attached hydrogen (secondary N) is 3. The van der Waals surface area contributed by atoms with Crippen molar-refractivity contribution in [3.8, 4) is 0 Å². The van der Waals surface area contributed by atoms with Gasteiger partial charge in [-0.05, 0) is 75.1 Å². The highest BCUT2D eigenvalue weighted by Gasteiger charge is 2.11. The molecule has 2 aromatic carbocycles. The first-order valence-electron chi connectivity index (χ1n) is 10.8. The van der Waals surface area contributed by atoms with E-state index in [4.69, 9.17) is 0 Å². The summed E-state index contributed by atoms with van der Waals surface area (Å²) in [7, 11) is 0. The summed E-state index contributed by atoms with van der Waals surface area (Å²) in [6.45, 7) is 6.28. The summed E-state index contributed by atoms with van der Waals surface area (Å²) in [5.41, 5.74) is 3.80. The fourth-order valence-corrected chi connectivity index (χ4v) is 3.59. The standard InChI is InChI=1S/C24H32N4O2/c1-18(2)26-23(29)16-19-6-8-20(9-7-19)25-17-24(30)27-21-10-12-22(13-11-21)28-14-4-3-5-15-28/h6-13,18,25H,3-5,14-17H2,1-2H3,(H,26,29)(H,27,30). The first-order valence-corrected chi connectivity index (χ1v) is 10.8. The second-order valence-corrected chi connectivity index (χ2v) is 8.09. The molecule has 0 radical (unpaired) electrons. The number of benzene rings is 2. The fraction of sp³-hybridized carbons (Fsp3) is 0.417. The quantitative estimate of drug-likeness (QED) is 0.621. The largest absolute Gasteiger partial charge is 0.376 e. The molecule has 2 aromatic rings. The molecule has 0 aromatic heterocycles. The molecule has 0 atom stereocenters. The average Bonchev–Trinajstić information content (AvgIpc) is 2.74. The number of anilines is 3. The molecular formula is C24H32N4O2. The summed E-state index contributed by atoms with van der Waals surface area (Å²) < 4.78 is 0. The Hall–Kier alpha value is -3.02. The monoisotopic (exact) mass is 408 g/mol. The Morgan fingerprint density at radius 3 is 2.13 bits per heavy atom. The second kappa shape index (κ2) is 10.7. The third-order valence-electron chi connectivity index (χ3n) is 5.09. The van der Waals surface area contributed by atoms with Crippen molar-refractivity contribution in [1.29, 1.82) is 0 Å². The summed E-state index contributed by atoms with van der Waals surface area (Å²) in [5.74, 6) is -0.0856. The van der Waals surface area contributed by atoms with Gasteiger partial charge in [0.05, 0.1) is 13.0 Å². The Bertz CT molecular complexity index is 825. The van der Waals surface area contributed by atoms with Crippen LogP contribution in [0.3, 0.4) is 0 Å². The van der Waals surface area contributed by atoms with Crippen LogP contribution in [-0.4, -0.2) is 37.5 Å². The molecule has 0 spiro atoms. The molecule has 3 N–H and O–H groups in total. The first-order chi connectivity index (χ1) is 14.5. The van der Waals surface area contributed by atoms with Crippen molar-refractivity contribution in [2.24, 2.45) is 0 Å². The van der Waals surface area contributed by atoms with Crippen LogP contribution in [0.5, 0.6) is 0 Å². The van der Waals surface area contributed by atoms with E-state index in [-0.39, 0.29) is 24.4 Å². The van der Waals surface area contributed by atoms with Crippen LogP contribution in [0.4, 0.5) is 17.1 Å². The van der Waals surface area contributed by atoms with Crippen molar-refractivity contribution in [2.45, 2.75) is 45.6 Å². The molecule has 0 unspecified atom stereocenters. The lowest BCUT2D eigenvalue weighted by Crippen LogP contribution is -2.31. The van der Waals surface area contributed by atoms with Gasteiger partial charge in [-0.3, -0.25) is 9.59 Å². The number of amides is 2. The van der Waals surface area contributed by atoms with Gasteiger partial charge in [-0.25, -0.2) is 0 Å². The SMILES string of the molecule is CC(C)NC(=O)Cc1ccc(NCC(=O)Nc2ccc(N3CCCCC3)cc2)cc1. The van der Waals surface area contributed by atoms with Gasteiger partial charge in [-0.15, -0.1) is 0 Å². The molecule has 0 saturated carbocycles. The molecular weight excluding hydrogens is 376 g/mol.